The fraction of sp³-hybridized carbons (Fsp3) is 0.435. The molecule has 2 aromatic rings. The normalized spacial score (nSPS) is 19.0. The van der Waals surface area contributed by atoms with Gasteiger partial charge < -0.3 is 9.64 Å². The van der Waals surface area contributed by atoms with Crippen LogP contribution in [0.4, 0.5) is 23.8 Å². The van der Waals surface area contributed by atoms with E-state index in [9.17, 15) is 18.0 Å². The average molecular weight is 448 g/mol. The second-order valence-corrected chi connectivity index (χ2v) is 8.16. The number of benzene rings is 1. The second-order valence-electron chi connectivity index (χ2n) is 8.16. The van der Waals surface area contributed by atoms with Crippen molar-refractivity contribution < 1.29 is 22.7 Å². The van der Waals surface area contributed by atoms with Crippen LogP contribution in [0.15, 0.2) is 48.2 Å². The molecule has 0 saturated carbocycles. The first-order valence-electron chi connectivity index (χ1n) is 10.5. The molecule has 1 fully saturated rings. The van der Waals surface area contributed by atoms with E-state index in [0.717, 1.165) is 12.0 Å². The molecule has 3 rings (SSSR count). The van der Waals surface area contributed by atoms with Crippen LogP contribution in [0.1, 0.15) is 32.3 Å². The summed E-state index contributed by atoms with van der Waals surface area (Å²) in [4.78, 5) is 14.2. The highest BCUT2D eigenvalue weighted by molar-refractivity contribution is 5.88. The predicted octanol–water partition coefficient (Wildman–Crippen LogP) is 5.40. The summed E-state index contributed by atoms with van der Waals surface area (Å²) < 4.78 is 43.0. The maximum absolute atomic E-state index is 12.5. The lowest BCUT2D eigenvalue weighted by Crippen LogP contribution is -2.42. The van der Waals surface area contributed by atoms with Crippen molar-refractivity contribution in [3.8, 4) is 5.75 Å². The van der Waals surface area contributed by atoms with Crippen molar-refractivity contribution in [1.29, 1.82) is 0 Å². The van der Waals surface area contributed by atoms with Crippen molar-refractivity contribution in [3.63, 3.8) is 0 Å². The molecule has 6 nitrogen and oxygen atoms in total. The van der Waals surface area contributed by atoms with Gasteiger partial charge in [0, 0.05) is 25.7 Å². The number of anilines is 1. The number of urea groups is 1. The Morgan fingerprint density at radius 1 is 1.34 bits per heavy atom. The van der Waals surface area contributed by atoms with Crippen LogP contribution in [-0.4, -0.2) is 47.0 Å². The van der Waals surface area contributed by atoms with Gasteiger partial charge in [-0.25, -0.2) is 4.79 Å². The molecule has 9 heteroatoms. The lowest BCUT2D eigenvalue weighted by molar-refractivity contribution is -0.145. The summed E-state index contributed by atoms with van der Waals surface area (Å²) in [5.41, 5.74) is 2.13. The van der Waals surface area contributed by atoms with Crippen molar-refractivity contribution in [3.05, 3.63) is 53.7 Å². The third kappa shape index (κ3) is 7.25. The molecule has 2 amide bonds. The van der Waals surface area contributed by atoms with Gasteiger partial charge in [0.15, 0.2) is 5.82 Å². The van der Waals surface area contributed by atoms with Gasteiger partial charge in [-0.05, 0) is 48.1 Å². The molecular weight excluding hydrogens is 421 g/mol. The van der Waals surface area contributed by atoms with Crippen molar-refractivity contribution >= 4 is 17.9 Å². The minimum absolute atomic E-state index is 0.00575. The maximum atomic E-state index is 12.5. The van der Waals surface area contributed by atoms with Crippen LogP contribution in [0.2, 0.25) is 0 Å². The Labute approximate surface area is 185 Å². The first-order chi connectivity index (χ1) is 15.2. The van der Waals surface area contributed by atoms with Crippen LogP contribution >= 0.6 is 0 Å². The van der Waals surface area contributed by atoms with Crippen LogP contribution in [0, 0.1) is 11.8 Å². The molecule has 1 aliphatic heterocycles. The van der Waals surface area contributed by atoms with Crippen molar-refractivity contribution in [1.82, 2.24) is 15.1 Å². The van der Waals surface area contributed by atoms with E-state index in [-0.39, 0.29) is 18.6 Å². The molecule has 1 aromatic carbocycles. The molecule has 2 unspecified atom stereocenters. The van der Waals surface area contributed by atoms with Gasteiger partial charge in [0.1, 0.15) is 5.75 Å². The van der Waals surface area contributed by atoms with E-state index in [2.05, 4.69) is 28.5 Å². The summed E-state index contributed by atoms with van der Waals surface area (Å²) in [6.45, 7) is 4.74. The molecule has 172 valence electrons. The van der Waals surface area contributed by atoms with Crippen LogP contribution in [0.5, 0.6) is 5.75 Å². The van der Waals surface area contributed by atoms with E-state index in [1.165, 1.54) is 12.5 Å². The third-order valence-corrected chi connectivity index (χ3v) is 5.22. The first-order valence-corrected chi connectivity index (χ1v) is 10.5. The Balaban J connectivity index is 1.56. The van der Waals surface area contributed by atoms with E-state index < -0.39 is 18.5 Å². The molecule has 0 bridgehead atoms. The molecule has 1 aromatic heterocycles. The van der Waals surface area contributed by atoms with Gasteiger partial charge in [0.25, 0.3) is 0 Å². The highest BCUT2D eigenvalue weighted by atomic mass is 19.4. The number of halogens is 3. The predicted molar refractivity (Wildman–Crippen MR) is 116 cm³/mol. The van der Waals surface area contributed by atoms with Crippen molar-refractivity contribution in [2.24, 2.45) is 11.8 Å². The fourth-order valence-electron chi connectivity index (χ4n) is 3.61. The molecule has 1 aliphatic rings. The molecular formula is C23H27F3N4O2. The fourth-order valence-corrected chi connectivity index (χ4v) is 3.61. The maximum Gasteiger partial charge on any atom is 0.389 e. The van der Waals surface area contributed by atoms with Gasteiger partial charge in [0.05, 0.1) is 6.61 Å². The summed E-state index contributed by atoms with van der Waals surface area (Å²) in [5, 5.41) is 10.4. The van der Waals surface area contributed by atoms with Crippen molar-refractivity contribution in [2.75, 3.05) is 25.0 Å². The summed E-state index contributed by atoms with van der Waals surface area (Å²) in [7, 11) is 0. The van der Waals surface area contributed by atoms with Crippen LogP contribution in [0.3, 0.4) is 0 Å². The number of amides is 2. The van der Waals surface area contributed by atoms with E-state index in [1.807, 2.05) is 18.2 Å². The number of carbonyl (C=O) groups is 1. The highest BCUT2D eigenvalue weighted by Gasteiger charge is 2.30. The van der Waals surface area contributed by atoms with E-state index in [0.29, 0.717) is 24.7 Å². The first kappa shape index (κ1) is 23.6. The number of alkyl halides is 3. The average Bonchev–Trinajstić information content (AvgIpc) is 2.73. The Kier molecular flexibility index (Phi) is 7.71. The van der Waals surface area contributed by atoms with Gasteiger partial charge in [-0.1, -0.05) is 37.6 Å². The highest BCUT2D eigenvalue weighted by Crippen LogP contribution is 2.28. The quantitative estimate of drug-likeness (QED) is 0.643. The number of ether oxygens (including phenoxy) is 1. The Morgan fingerprint density at radius 3 is 2.84 bits per heavy atom. The second kappa shape index (κ2) is 10.5. The minimum atomic E-state index is -4.19. The Bertz CT molecular complexity index is 934. The molecule has 2 heterocycles. The smallest absolute Gasteiger partial charge is 0.389 e. The SMILES string of the molecule is CC(COc1cccc(C=C2CCN(C(=O)Nc3cccnn3)CC2C)c1)CC(F)(F)F. The number of carbonyl (C=O) groups excluding carboxylic acids is 1. The van der Waals surface area contributed by atoms with Gasteiger partial charge >= 0.3 is 12.2 Å². The Hall–Kier alpha value is -3.10. The molecule has 32 heavy (non-hydrogen) atoms. The monoisotopic (exact) mass is 448 g/mol. The zero-order chi connectivity index (χ0) is 23.1. The van der Waals surface area contributed by atoms with Crippen molar-refractivity contribution in [2.45, 2.75) is 32.9 Å². The Morgan fingerprint density at radius 2 is 2.16 bits per heavy atom. The van der Waals surface area contributed by atoms with Crippen LogP contribution in [-0.2, 0) is 0 Å². The van der Waals surface area contributed by atoms with E-state index in [1.54, 1.807) is 29.3 Å². The number of hydrogen-bond acceptors (Lipinski definition) is 4. The lowest BCUT2D eigenvalue weighted by Gasteiger charge is -2.33. The number of nitrogens with zero attached hydrogens (tertiary/aromatic N) is 3. The third-order valence-electron chi connectivity index (χ3n) is 5.22. The standard InChI is InChI=1S/C23H27F3N4O2/c1-16(13-23(24,25)26)15-32-20-6-3-5-18(12-20)11-19-8-10-30(14-17(19)2)22(31)28-21-7-4-9-27-29-21/h3-7,9,11-12,16-17H,8,10,13-15H2,1-2H3,(H,28,29,31). The van der Waals surface area contributed by atoms with Gasteiger partial charge in [0.2, 0.25) is 0 Å². The number of nitrogens with one attached hydrogen (secondary N) is 1. The molecule has 0 aliphatic carbocycles. The number of aromatic nitrogens is 2. The minimum Gasteiger partial charge on any atom is -0.493 e. The summed E-state index contributed by atoms with van der Waals surface area (Å²) in [6.07, 6.45) is -0.725. The zero-order valence-electron chi connectivity index (χ0n) is 18.1. The van der Waals surface area contributed by atoms with Crippen LogP contribution < -0.4 is 10.1 Å². The van der Waals surface area contributed by atoms with Gasteiger partial charge in [-0.3, -0.25) is 5.32 Å². The van der Waals surface area contributed by atoms with Crippen LogP contribution in [0.25, 0.3) is 6.08 Å². The zero-order valence-corrected chi connectivity index (χ0v) is 18.1. The number of piperidine rings is 1. The molecule has 1 N–H and O–H groups in total. The number of rotatable bonds is 6. The van der Waals surface area contributed by atoms with E-state index >= 15 is 0 Å². The van der Waals surface area contributed by atoms with Gasteiger partial charge in [-0.15, -0.1) is 5.10 Å². The number of likely N-dealkylation sites (tertiary alicyclic amines) is 1. The lowest BCUT2D eigenvalue weighted by atomic mass is 9.91. The largest absolute Gasteiger partial charge is 0.493 e. The molecule has 1 saturated heterocycles. The summed E-state index contributed by atoms with van der Waals surface area (Å²) in [6, 6.07) is 10.5. The van der Waals surface area contributed by atoms with Gasteiger partial charge in [-0.2, -0.15) is 18.3 Å². The molecule has 0 radical (unpaired) electrons. The number of hydrogen-bond donors (Lipinski definition) is 1. The summed E-state index contributed by atoms with van der Waals surface area (Å²) >= 11 is 0. The molecule has 2 atom stereocenters. The molecule has 0 spiro atoms. The summed E-state index contributed by atoms with van der Waals surface area (Å²) in [5.74, 6) is 0.497. The topological polar surface area (TPSA) is 67.3 Å². The van der Waals surface area contributed by atoms with E-state index in [4.69, 9.17) is 4.74 Å².